The van der Waals surface area contributed by atoms with Crippen LogP contribution in [0, 0.1) is 5.92 Å². The van der Waals surface area contributed by atoms with Crippen LogP contribution in [0.5, 0.6) is 0 Å². The number of hydrogen-bond donors (Lipinski definition) is 2. The molecular formula is C21H30FN5O5. The lowest BCUT2D eigenvalue weighted by atomic mass is 9.82. The van der Waals surface area contributed by atoms with Gasteiger partial charge in [-0.3, -0.25) is 9.36 Å². The molecule has 11 heteroatoms. The van der Waals surface area contributed by atoms with E-state index in [1.165, 1.54) is 31.1 Å². The number of anilines is 1. The maximum atomic E-state index is 16.0. The molecule has 0 amide bonds. The number of hydrogen-bond acceptors (Lipinski definition) is 8. The van der Waals surface area contributed by atoms with E-state index >= 15 is 4.39 Å². The van der Waals surface area contributed by atoms with Gasteiger partial charge in [-0.25, -0.2) is 19.3 Å². The Kier molecular flexibility index (Phi) is 6.08. The van der Waals surface area contributed by atoms with E-state index in [-0.39, 0.29) is 0 Å². The number of aliphatic hydroxyl groups is 1. The van der Waals surface area contributed by atoms with Gasteiger partial charge in [0.2, 0.25) is 0 Å². The summed E-state index contributed by atoms with van der Waals surface area (Å²) in [5.74, 6) is -0.735. The van der Waals surface area contributed by atoms with Crippen LogP contribution in [0.2, 0.25) is 0 Å². The van der Waals surface area contributed by atoms with Crippen molar-refractivity contribution in [2.24, 2.45) is 5.92 Å². The first-order valence-corrected chi connectivity index (χ1v) is 10.9. The van der Waals surface area contributed by atoms with E-state index in [1.807, 2.05) is 0 Å². The number of rotatable bonds is 7. The topological polar surface area (TPSA) is 123 Å². The molecule has 0 radical (unpaired) electrons. The van der Waals surface area contributed by atoms with Gasteiger partial charge in [0.15, 0.2) is 28.9 Å². The molecule has 0 saturated carbocycles. The Balaban J connectivity index is 1.59. The van der Waals surface area contributed by atoms with Crippen molar-refractivity contribution < 1.29 is 28.9 Å². The normalized spacial score (nSPS) is 31.8. The first kappa shape index (κ1) is 22.8. The van der Waals surface area contributed by atoms with Gasteiger partial charge in [-0.2, -0.15) is 0 Å². The molecule has 2 aromatic rings. The molecule has 2 saturated heterocycles. The highest BCUT2D eigenvalue weighted by Gasteiger charge is 2.62. The Morgan fingerprint density at radius 2 is 2.03 bits per heavy atom. The molecule has 5 atom stereocenters. The molecule has 4 heterocycles. The molecule has 1 unspecified atom stereocenters. The van der Waals surface area contributed by atoms with E-state index in [1.54, 1.807) is 6.92 Å². The highest BCUT2D eigenvalue weighted by molar-refractivity contribution is 5.83. The van der Waals surface area contributed by atoms with Crippen LogP contribution in [0.1, 0.15) is 46.3 Å². The Hall–Kier alpha value is -2.37. The summed E-state index contributed by atoms with van der Waals surface area (Å²) in [6, 6.07) is 0. The number of halogens is 1. The molecule has 0 aromatic carbocycles. The molecule has 2 N–H and O–H groups in total. The van der Waals surface area contributed by atoms with Crippen molar-refractivity contribution in [3.63, 3.8) is 0 Å². The van der Waals surface area contributed by atoms with Gasteiger partial charge < -0.3 is 24.6 Å². The van der Waals surface area contributed by atoms with Crippen LogP contribution >= 0.6 is 0 Å². The van der Waals surface area contributed by atoms with Gasteiger partial charge in [-0.05, 0) is 33.1 Å². The molecule has 0 bridgehead atoms. The third-order valence-corrected chi connectivity index (χ3v) is 6.80. The molecule has 176 valence electrons. The second kappa shape index (κ2) is 8.53. The zero-order chi connectivity index (χ0) is 23.1. The van der Waals surface area contributed by atoms with Crippen molar-refractivity contribution in [1.82, 2.24) is 19.5 Å². The maximum Gasteiger partial charge on any atom is 0.306 e. The number of ether oxygens (including phenoxy) is 2. The molecule has 0 aliphatic carbocycles. The number of morpholine rings is 1. The number of nitrogens with zero attached hydrogens (tertiary/aromatic N) is 5. The van der Waals surface area contributed by atoms with E-state index in [0.29, 0.717) is 62.5 Å². The minimum Gasteiger partial charge on any atom is -0.481 e. The number of fused-ring (bicyclic) bond motifs is 1. The fourth-order valence-electron chi connectivity index (χ4n) is 4.41. The summed E-state index contributed by atoms with van der Waals surface area (Å²) >= 11 is 0. The van der Waals surface area contributed by atoms with E-state index in [4.69, 9.17) is 14.6 Å². The summed E-state index contributed by atoms with van der Waals surface area (Å²) in [7, 11) is 0. The van der Waals surface area contributed by atoms with Crippen molar-refractivity contribution in [1.29, 1.82) is 0 Å². The molecule has 4 rings (SSSR count). The van der Waals surface area contributed by atoms with Crippen LogP contribution < -0.4 is 4.90 Å². The van der Waals surface area contributed by atoms with Crippen LogP contribution in [-0.2, 0) is 14.3 Å². The Labute approximate surface area is 185 Å². The highest BCUT2D eigenvalue weighted by Crippen LogP contribution is 2.50. The summed E-state index contributed by atoms with van der Waals surface area (Å²) in [6.07, 6.45) is 2.18. The molecular weight excluding hydrogens is 421 g/mol. The lowest BCUT2D eigenvalue weighted by Crippen LogP contribution is -2.50. The predicted octanol–water partition coefficient (Wildman–Crippen LogP) is 1.93. The van der Waals surface area contributed by atoms with E-state index < -0.39 is 35.5 Å². The molecule has 32 heavy (non-hydrogen) atoms. The van der Waals surface area contributed by atoms with Gasteiger partial charge in [-0.1, -0.05) is 6.92 Å². The van der Waals surface area contributed by atoms with Gasteiger partial charge >= 0.3 is 5.97 Å². The molecule has 2 aromatic heterocycles. The number of carboxylic acid groups (broad SMARTS) is 1. The van der Waals surface area contributed by atoms with Crippen LogP contribution in [0.25, 0.3) is 11.2 Å². The third-order valence-electron chi connectivity index (χ3n) is 6.80. The van der Waals surface area contributed by atoms with E-state index in [0.717, 1.165) is 0 Å². The quantitative estimate of drug-likeness (QED) is 0.650. The molecule has 2 fully saturated rings. The molecule has 2 aliphatic rings. The summed E-state index contributed by atoms with van der Waals surface area (Å²) < 4.78 is 28.9. The summed E-state index contributed by atoms with van der Waals surface area (Å²) in [6.45, 7) is 6.88. The van der Waals surface area contributed by atoms with Gasteiger partial charge in [0, 0.05) is 13.1 Å². The Morgan fingerprint density at radius 3 is 2.72 bits per heavy atom. The lowest BCUT2D eigenvalue weighted by molar-refractivity contribution is -0.141. The van der Waals surface area contributed by atoms with Crippen LogP contribution in [0.15, 0.2) is 12.7 Å². The van der Waals surface area contributed by atoms with Gasteiger partial charge in [0.25, 0.3) is 0 Å². The smallest absolute Gasteiger partial charge is 0.306 e. The Bertz CT molecular complexity index is 975. The number of aliphatic carboxylic acids is 1. The minimum atomic E-state index is -2.13. The SMILES string of the molecule is CC(CCC[C@H]1O[C@H](n2cnc3c(N4CCOCC4)ncnc32)[C@](C)(F)[C@@]1(C)O)C(=O)O. The zero-order valence-electron chi connectivity index (χ0n) is 18.6. The van der Waals surface area contributed by atoms with Crippen molar-refractivity contribution >= 4 is 23.0 Å². The molecule has 10 nitrogen and oxygen atoms in total. The lowest BCUT2D eigenvalue weighted by Gasteiger charge is -2.33. The molecule has 2 aliphatic heterocycles. The fraction of sp³-hybridized carbons (Fsp3) is 0.714. The van der Waals surface area contributed by atoms with Crippen LogP contribution in [0.4, 0.5) is 10.2 Å². The summed E-state index contributed by atoms with van der Waals surface area (Å²) in [5, 5.41) is 20.1. The van der Waals surface area contributed by atoms with Crippen molar-refractivity contribution in [3.8, 4) is 0 Å². The van der Waals surface area contributed by atoms with Crippen molar-refractivity contribution in [3.05, 3.63) is 12.7 Å². The molecule has 0 spiro atoms. The number of alkyl halides is 1. The van der Waals surface area contributed by atoms with Gasteiger partial charge in [-0.15, -0.1) is 0 Å². The fourth-order valence-corrected chi connectivity index (χ4v) is 4.41. The second-order valence-electron chi connectivity index (χ2n) is 8.99. The number of carbonyl (C=O) groups is 1. The van der Waals surface area contributed by atoms with Gasteiger partial charge in [0.05, 0.1) is 31.6 Å². The predicted molar refractivity (Wildman–Crippen MR) is 113 cm³/mol. The van der Waals surface area contributed by atoms with Crippen molar-refractivity contribution in [2.75, 3.05) is 31.2 Å². The van der Waals surface area contributed by atoms with E-state index in [9.17, 15) is 9.90 Å². The van der Waals surface area contributed by atoms with Crippen LogP contribution in [0.3, 0.4) is 0 Å². The standard InChI is InChI=1S/C21H30FN5O5/c1-13(18(28)29)5-4-6-14-21(3,30)20(2,22)19(32-14)27-12-25-15-16(23-11-24-17(15)27)26-7-9-31-10-8-26/h11-14,19,30H,4-10H2,1-3H3,(H,28,29)/t13?,14-,19+,20+,21+/m1/s1. The van der Waals surface area contributed by atoms with Crippen LogP contribution in [-0.4, -0.2) is 79.4 Å². The average Bonchev–Trinajstić information content (AvgIpc) is 3.26. The average molecular weight is 451 g/mol. The zero-order valence-corrected chi connectivity index (χ0v) is 18.6. The minimum absolute atomic E-state index is 0.335. The second-order valence-corrected chi connectivity index (χ2v) is 8.99. The van der Waals surface area contributed by atoms with Gasteiger partial charge in [0.1, 0.15) is 11.9 Å². The van der Waals surface area contributed by atoms with Crippen molar-refractivity contribution in [2.45, 2.75) is 63.6 Å². The highest BCUT2D eigenvalue weighted by atomic mass is 19.1. The third kappa shape index (κ3) is 3.82. The monoisotopic (exact) mass is 451 g/mol. The Morgan fingerprint density at radius 1 is 1.31 bits per heavy atom. The number of carboxylic acids is 1. The summed E-state index contributed by atoms with van der Waals surface area (Å²) in [4.78, 5) is 26.2. The number of imidazole rings is 1. The first-order valence-electron chi connectivity index (χ1n) is 10.9. The number of aromatic nitrogens is 4. The first-order chi connectivity index (χ1) is 15.1. The largest absolute Gasteiger partial charge is 0.481 e. The maximum absolute atomic E-state index is 16.0. The van der Waals surface area contributed by atoms with E-state index in [2.05, 4.69) is 19.9 Å². The summed E-state index contributed by atoms with van der Waals surface area (Å²) in [5.41, 5.74) is -2.95.